The first-order chi connectivity index (χ1) is 9.97. The summed E-state index contributed by atoms with van der Waals surface area (Å²) in [6.45, 7) is 6.86. The topological polar surface area (TPSA) is 60.8 Å². The summed E-state index contributed by atoms with van der Waals surface area (Å²) in [7, 11) is 0. The van der Waals surface area contributed by atoms with Crippen molar-refractivity contribution in [2.24, 2.45) is 16.1 Å². The van der Waals surface area contributed by atoms with Crippen LogP contribution in [0.25, 0.3) is 0 Å². The van der Waals surface area contributed by atoms with E-state index in [1.54, 1.807) is 18.3 Å². The van der Waals surface area contributed by atoms with Crippen LogP contribution >= 0.6 is 23.8 Å². The third kappa shape index (κ3) is 8.27. The van der Waals surface area contributed by atoms with Crippen molar-refractivity contribution in [2.75, 3.05) is 12.0 Å². The zero-order valence-electron chi connectivity index (χ0n) is 12.4. The molecule has 0 heterocycles. The van der Waals surface area contributed by atoms with Crippen LogP contribution in [0, 0.1) is 5.92 Å². The molecule has 114 valence electrons. The lowest BCUT2D eigenvalue weighted by atomic mass is 10.2. The average Bonchev–Trinajstić information content (AvgIpc) is 2.45. The van der Waals surface area contributed by atoms with Crippen molar-refractivity contribution in [2.45, 2.75) is 20.8 Å². The molecular formula is C14H20ClN5S. The van der Waals surface area contributed by atoms with Gasteiger partial charge in [0.25, 0.3) is 0 Å². The molecule has 0 aliphatic carbocycles. The first kappa shape index (κ1) is 17.4. The first-order valence-corrected chi connectivity index (χ1v) is 7.38. The lowest BCUT2D eigenvalue weighted by Gasteiger charge is -2.09. The Morgan fingerprint density at radius 3 is 2.62 bits per heavy atom. The molecule has 0 radical (unpaired) electrons. The predicted molar refractivity (Wildman–Crippen MR) is 95.3 cm³/mol. The average molecular weight is 326 g/mol. The van der Waals surface area contributed by atoms with Crippen molar-refractivity contribution in [1.82, 2.24) is 10.7 Å². The molecule has 1 aromatic carbocycles. The molecule has 0 unspecified atom stereocenters. The number of thiocarbonyl (C=S) groups is 1. The van der Waals surface area contributed by atoms with E-state index >= 15 is 0 Å². The van der Waals surface area contributed by atoms with Crippen LogP contribution in [0.15, 0.2) is 34.5 Å². The van der Waals surface area contributed by atoms with Crippen molar-refractivity contribution >= 4 is 46.5 Å². The minimum atomic E-state index is 0.502. The molecule has 1 aromatic rings. The Kier molecular flexibility index (Phi) is 7.71. The second-order valence-corrected chi connectivity index (χ2v) is 5.69. The number of nitrogens with one attached hydrogen (secondary N) is 3. The molecule has 5 nitrogen and oxygen atoms in total. The monoisotopic (exact) mass is 325 g/mol. The van der Waals surface area contributed by atoms with Gasteiger partial charge in [-0.2, -0.15) is 10.2 Å². The van der Waals surface area contributed by atoms with Gasteiger partial charge in [-0.3, -0.25) is 10.9 Å². The largest absolute Gasteiger partial charge is 0.361 e. The number of hydrazone groups is 2. The highest BCUT2D eigenvalue weighted by molar-refractivity contribution is 7.80. The SMILES string of the molecule is CC(/C=N\Nc1ccc(Cl)cc1)=N/NC(=S)NCC(C)C. The van der Waals surface area contributed by atoms with Gasteiger partial charge in [0.2, 0.25) is 0 Å². The molecule has 0 saturated carbocycles. The molecule has 0 fully saturated rings. The van der Waals surface area contributed by atoms with Gasteiger partial charge in [-0.15, -0.1) is 0 Å². The van der Waals surface area contributed by atoms with Crippen LogP contribution in [0.2, 0.25) is 5.02 Å². The number of benzene rings is 1. The summed E-state index contributed by atoms with van der Waals surface area (Å²) in [6, 6.07) is 7.27. The van der Waals surface area contributed by atoms with E-state index in [1.165, 1.54) is 0 Å². The van der Waals surface area contributed by atoms with Gasteiger partial charge in [-0.1, -0.05) is 25.4 Å². The molecule has 7 heteroatoms. The predicted octanol–water partition coefficient (Wildman–Crippen LogP) is 3.23. The maximum absolute atomic E-state index is 5.80. The quantitative estimate of drug-likeness (QED) is 0.427. The van der Waals surface area contributed by atoms with E-state index in [-0.39, 0.29) is 0 Å². The van der Waals surface area contributed by atoms with Gasteiger partial charge in [0, 0.05) is 11.6 Å². The minimum absolute atomic E-state index is 0.502. The van der Waals surface area contributed by atoms with Crippen molar-refractivity contribution in [1.29, 1.82) is 0 Å². The van der Waals surface area contributed by atoms with E-state index in [9.17, 15) is 0 Å². The van der Waals surface area contributed by atoms with Crippen molar-refractivity contribution in [3.8, 4) is 0 Å². The van der Waals surface area contributed by atoms with E-state index in [1.807, 2.05) is 19.1 Å². The molecule has 3 N–H and O–H groups in total. The van der Waals surface area contributed by atoms with Crippen molar-refractivity contribution < 1.29 is 0 Å². The fraction of sp³-hybridized carbons (Fsp3) is 0.357. The molecule has 0 bridgehead atoms. The van der Waals surface area contributed by atoms with E-state index in [2.05, 4.69) is 40.2 Å². The van der Waals surface area contributed by atoms with Gasteiger partial charge in [0.1, 0.15) is 0 Å². The first-order valence-electron chi connectivity index (χ1n) is 6.60. The standard InChI is InChI=1S/C14H20ClN5S/c1-10(2)8-16-14(21)20-18-11(3)9-17-19-13-6-4-12(15)5-7-13/h4-7,9-10,19H,8H2,1-3H3,(H2,16,20,21)/b17-9-,18-11-. The summed E-state index contributed by atoms with van der Waals surface area (Å²) in [5.41, 5.74) is 7.20. The summed E-state index contributed by atoms with van der Waals surface area (Å²) in [5.74, 6) is 0.528. The fourth-order valence-corrected chi connectivity index (χ4v) is 1.48. The summed E-state index contributed by atoms with van der Waals surface area (Å²) < 4.78 is 0. The Bertz CT molecular complexity index is 511. The van der Waals surface area contributed by atoms with Gasteiger partial charge in [-0.25, -0.2) is 0 Å². The second kappa shape index (κ2) is 9.31. The lowest BCUT2D eigenvalue weighted by molar-refractivity contribution is 0.621. The van der Waals surface area contributed by atoms with E-state index in [0.717, 1.165) is 12.2 Å². The van der Waals surface area contributed by atoms with Gasteiger partial charge >= 0.3 is 0 Å². The second-order valence-electron chi connectivity index (χ2n) is 4.85. The van der Waals surface area contributed by atoms with Crippen LogP contribution in [-0.2, 0) is 0 Å². The van der Waals surface area contributed by atoms with Crippen LogP contribution in [0.4, 0.5) is 5.69 Å². The number of anilines is 1. The highest BCUT2D eigenvalue weighted by atomic mass is 35.5. The van der Waals surface area contributed by atoms with Gasteiger partial charge in [0.15, 0.2) is 5.11 Å². The van der Waals surface area contributed by atoms with Gasteiger partial charge in [-0.05, 0) is 49.3 Å². The normalized spacial score (nSPS) is 11.8. The Morgan fingerprint density at radius 2 is 2.00 bits per heavy atom. The summed E-state index contributed by atoms with van der Waals surface area (Å²) in [6.07, 6.45) is 1.60. The molecule has 0 aromatic heterocycles. The summed E-state index contributed by atoms with van der Waals surface area (Å²) in [4.78, 5) is 0. The van der Waals surface area contributed by atoms with Gasteiger partial charge < -0.3 is 5.32 Å². The smallest absolute Gasteiger partial charge is 0.186 e. The highest BCUT2D eigenvalue weighted by Gasteiger charge is 1.96. The maximum atomic E-state index is 5.80. The third-order valence-electron chi connectivity index (χ3n) is 2.29. The molecular weight excluding hydrogens is 306 g/mol. The Morgan fingerprint density at radius 1 is 1.33 bits per heavy atom. The third-order valence-corrected chi connectivity index (χ3v) is 2.78. The van der Waals surface area contributed by atoms with Crippen LogP contribution < -0.4 is 16.2 Å². The van der Waals surface area contributed by atoms with Crippen LogP contribution in [0.3, 0.4) is 0 Å². The van der Waals surface area contributed by atoms with Crippen molar-refractivity contribution in [3.05, 3.63) is 29.3 Å². The van der Waals surface area contributed by atoms with Gasteiger partial charge in [0.05, 0.1) is 17.6 Å². The molecule has 0 saturated heterocycles. The molecule has 0 aliphatic rings. The number of rotatable bonds is 6. The highest BCUT2D eigenvalue weighted by Crippen LogP contribution is 2.12. The zero-order chi connectivity index (χ0) is 15.7. The van der Waals surface area contributed by atoms with Crippen LogP contribution in [0.1, 0.15) is 20.8 Å². The Balaban J connectivity index is 2.36. The number of hydrogen-bond donors (Lipinski definition) is 3. The van der Waals surface area contributed by atoms with Crippen molar-refractivity contribution in [3.63, 3.8) is 0 Å². The Hall–Kier alpha value is -1.66. The number of nitrogens with zero attached hydrogens (tertiary/aromatic N) is 2. The molecule has 0 amide bonds. The minimum Gasteiger partial charge on any atom is -0.361 e. The number of halogens is 1. The molecule has 1 rings (SSSR count). The maximum Gasteiger partial charge on any atom is 0.186 e. The van der Waals surface area contributed by atoms with E-state index in [0.29, 0.717) is 21.8 Å². The number of hydrogen-bond acceptors (Lipinski definition) is 4. The fourth-order valence-electron chi connectivity index (χ4n) is 1.23. The molecule has 0 spiro atoms. The van der Waals surface area contributed by atoms with Crippen LogP contribution in [0.5, 0.6) is 0 Å². The lowest BCUT2D eigenvalue weighted by Crippen LogP contribution is -2.34. The van der Waals surface area contributed by atoms with E-state index in [4.69, 9.17) is 23.8 Å². The summed E-state index contributed by atoms with van der Waals surface area (Å²) in [5, 5.41) is 12.4. The summed E-state index contributed by atoms with van der Waals surface area (Å²) >= 11 is 10.9. The molecule has 21 heavy (non-hydrogen) atoms. The van der Waals surface area contributed by atoms with Crippen LogP contribution in [-0.4, -0.2) is 23.6 Å². The van der Waals surface area contributed by atoms with E-state index < -0.39 is 0 Å². The zero-order valence-corrected chi connectivity index (χ0v) is 13.9. The Labute approximate surface area is 135 Å². The molecule has 0 aliphatic heterocycles. The molecule has 0 atom stereocenters.